The number of aromatic nitrogens is 2. The van der Waals surface area contributed by atoms with E-state index in [4.69, 9.17) is 4.74 Å². The van der Waals surface area contributed by atoms with Crippen molar-refractivity contribution in [2.24, 2.45) is 11.8 Å². The fourth-order valence-electron chi connectivity index (χ4n) is 6.13. The minimum atomic E-state index is -0.670. The topological polar surface area (TPSA) is 88.2 Å². The van der Waals surface area contributed by atoms with Crippen LogP contribution in [0.5, 0.6) is 0 Å². The van der Waals surface area contributed by atoms with Gasteiger partial charge in [-0.15, -0.1) is 0 Å². The van der Waals surface area contributed by atoms with Crippen molar-refractivity contribution in [1.82, 2.24) is 14.5 Å². The molecule has 3 heterocycles. The number of Topliss-reactive ketones (excluding diaryl/α,β-unsaturated/α-hetero) is 1. The third-order valence-electron chi connectivity index (χ3n) is 7.68. The van der Waals surface area contributed by atoms with Crippen LogP contribution in [0.1, 0.15) is 64.3 Å². The third kappa shape index (κ3) is 4.63. The summed E-state index contributed by atoms with van der Waals surface area (Å²) in [6.07, 6.45) is 5.99. The second kappa shape index (κ2) is 9.34. The van der Waals surface area contributed by atoms with Crippen LogP contribution in [0.2, 0.25) is 0 Å². The average molecular weight is 493 g/mol. The predicted molar refractivity (Wildman–Crippen MR) is 131 cm³/mol. The number of carbonyl (C=O) groups excluding carboxylic acids is 2. The number of amides is 1. The fourth-order valence-corrected chi connectivity index (χ4v) is 6.13. The summed E-state index contributed by atoms with van der Waals surface area (Å²) in [5.41, 5.74) is 1.42. The van der Waals surface area contributed by atoms with E-state index in [0.717, 1.165) is 55.7 Å². The third-order valence-corrected chi connectivity index (χ3v) is 7.68. The summed E-state index contributed by atoms with van der Waals surface area (Å²) in [4.78, 5) is 32.3. The highest BCUT2D eigenvalue weighted by Crippen LogP contribution is 2.44. The van der Waals surface area contributed by atoms with E-state index in [1.165, 1.54) is 6.07 Å². The summed E-state index contributed by atoms with van der Waals surface area (Å²) >= 11 is 0. The first-order chi connectivity index (χ1) is 17.1. The molecule has 3 aliphatic rings. The van der Waals surface area contributed by atoms with Gasteiger partial charge in [-0.25, -0.2) is 14.2 Å². The van der Waals surface area contributed by atoms with Gasteiger partial charge in [-0.3, -0.25) is 9.69 Å². The molecule has 1 aromatic carbocycles. The van der Waals surface area contributed by atoms with Gasteiger partial charge in [0.25, 0.3) is 0 Å². The number of imidazole rings is 1. The van der Waals surface area contributed by atoms with Gasteiger partial charge in [0.2, 0.25) is 0 Å². The summed E-state index contributed by atoms with van der Waals surface area (Å²) < 4.78 is 22.8. The number of carbonyl (C=O) groups is 2. The van der Waals surface area contributed by atoms with Crippen molar-refractivity contribution in [3.63, 3.8) is 0 Å². The summed E-state index contributed by atoms with van der Waals surface area (Å²) in [7, 11) is 0. The molecule has 1 amide bonds. The number of hydrogen-bond donors (Lipinski definition) is 0. The first-order valence-electron chi connectivity index (χ1n) is 12.9. The van der Waals surface area contributed by atoms with E-state index in [1.54, 1.807) is 17.2 Å². The molecule has 4 atom stereocenters. The first-order valence-corrected chi connectivity index (χ1v) is 12.9. The van der Waals surface area contributed by atoms with Crippen LogP contribution >= 0.6 is 0 Å². The van der Waals surface area contributed by atoms with E-state index < -0.39 is 23.7 Å². The van der Waals surface area contributed by atoms with Crippen LogP contribution in [0.3, 0.4) is 0 Å². The zero-order chi connectivity index (χ0) is 25.6. The van der Waals surface area contributed by atoms with Gasteiger partial charge in [0.05, 0.1) is 29.9 Å². The Morgan fingerprint density at radius 1 is 1.31 bits per heavy atom. The number of piperidine rings is 1. The normalized spacial score (nSPS) is 23.4. The van der Waals surface area contributed by atoms with Gasteiger partial charge in [0.15, 0.2) is 5.78 Å². The molecule has 2 aliphatic heterocycles. The lowest BCUT2D eigenvalue weighted by Gasteiger charge is -2.35. The standard InChI is InChI=1S/C28H33FN4O3/c1-28(2,3)36-27(35)33-21-9-8-20(13-21)26(33)24(34)12-17(15-30)11-18-6-7-19(14-22(18)29)23-16-31-25-5-4-10-32(23)25/h6-7,14,16-17,20-21,26H,4-5,8-13H2,1-3H3/t17-,20+,21-,26+/m1/s1. The van der Waals surface area contributed by atoms with Gasteiger partial charge in [0.1, 0.15) is 17.2 Å². The molecule has 1 aromatic heterocycles. The second-order valence-electron chi connectivity index (χ2n) is 11.4. The molecule has 2 fully saturated rings. The Labute approximate surface area is 211 Å². The van der Waals surface area contributed by atoms with Crippen LogP contribution in [0.25, 0.3) is 11.3 Å². The molecule has 8 heteroatoms. The molecule has 1 saturated carbocycles. The average Bonchev–Trinajstić information content (AvgIpc) is 3.59. The number of benzene rings is 1. The van der Waals surface area contributed by atoms with Crippen LogP contribution in [0.15, 0.2) is 24.4 Å². The quantitative estimate of drug-likeness (QED) is 0.562. The Hall–Kier alpha value is -3.21. The Bertz CT molecular complexity index is 1220. The number of rotatable bonds is 6. The first kappa shape index (κ1) is 24.5. The summed E-state index contributed by atoms with van der Waals surface area (Å²) in [6, 6.07) is 6.70. The highest BCUT2D eigenvalue weighted by atomic mass is 19.1. The molecule has 1 saturated heterocycles. The van der Waals surface area contributed by atoms with Crippen molar-refractivity contribution in [3.05, 3.63) is 41.6 Å². The van der Waals surface area contributed by atoms with Gasteiger partial charge in [-0.1, -0.05) is 12.1 Å². The van der Waals surface area contributed by atoms with Crippen LogP contribution in [0, 0.1) is 29.0 Å². The molecule has 0 radical (unpaired) electrons. The van der Waals surface area contributed by atoms with Gasteiger partial charge < -0.3 is 9.30 Å². The number of nitrogens with zero attached hydrogens (tertiary/aromatic N) is 4. The van der Waals surface area contributed by atoms with E-state index in [2.05, 4.69) is 15.6 Å². The molecule has 190 valence electrons. The number of fused-ring (bicyclic) bond motifs is 3. The molecule has 36 heavy (non-hydrogen) atoms. The molecule has 2 bridgehead atoms. The Balaban J connectivity index is 1.28. The van der Waals surface area contributed by atoms with Crippen molar-refractivity contribution in [3.8, 4) is 17.3 Å². The fraction of sp³-hybridized carbons (Fsp3) is 0.571. The van der Waals surface area contributed by atoms with E-state index in [9.17, 15) is 14.9 Å². The smallest absolute Gasteiger partial charge is 0.411 e. The van der Waals surface area contributed by atoms with Crippen molar-refractivity contribution in [2.75, 3.05) is 0 Å². The van der Waals surface area contributed by atoms with E-state index in [1.807, 2.05) is 26.8 Å². The minimum absolute atomic E-state index is 0.00863. The monoisotopic (exact) mass is 492 g/mol. The van der Waals surface area contributed by atoms with E-state index in [0.29, 0.717) is 5.56 Å². The van der Waals surface area contributed by atoms with Gasteiger partial charge in [0, 0.05) is 31.0 Å². The molecule has 5 rings (SSSR count). The largest absolute Gasteiger partial charge is 0.444 e. The number of nitriles is 1. The molecule has 0 unspecified atom stereocenters. The van der Waals surface area contributed by atoms with Crippen LogP contribution in [0.4, 0.5) is 9.18 Å². The van der Waals surface area contributed by atoms with Gasteiger partial charge >= 0.3 is 6.09 Å². The van der Waals surface area contributed by atoms with Gasteiger partial charge in [-0.05, 0) is 70.4 Å². The maximum Gasteiger partial charge on any atom is 0.411 e. The van der Waals surface area contributed by atoms with E-state index >= 15 is 4.39 Å². The maximum absolute atomic E-state index is 15.1. The molecular weight excluding hydrogens is 459 g/mol. The number of hydrogen-bond acceptors (Lipinski definition) is 5. The Kier molecular flexibility index (Phi) is 6.36. The van der Waals surface area contributed by atoms with Crippen molar-refractivity contribution >= 4 is 11.9 Å². The maximum atomic E-state index is 15.1. The molecule has 2 aromatic rings. The molecular formula is C28H33FN4O3. The van der Waals surface area contributed by atoms with Crippen LogP contribution < -0.4 is 0 Å². The van der Waals surface area contributed by atoms with Crippen molar-refractivity contribution in [2.45, 2.75) is 89.9 Å². The van der Waals surface area contributed by atoms with Crippen molar-refractivity contribution in [1.29, 1.82) is 5.26 Å². The molecule has 1 aliphatic carbocycles. The lowest BCUT2D eigenvalue weighted by molar-refractivity contribution is -0.126. The van der Waals surface area contributed by atoms with Crippen LogP contribution in [-0.2, 0) is 28.9 Å². The lowest BCUT2D eigenvalue weighted by atomic mass is 9.87. The highest BCUT2D eigenvalue weighted by molar-refractivity contribution is 5.89. The van der Waals surface area contributed by atoms with Crippen LogP contribution in [-0.4, -0.2) is 44.0 Å². The second-order valence-corrected chi connectivity index (χ2v) is 11.4. The number of aryl methyl sites for hydroxylation is 1. The number of halogens is 1. The van der Waals surface area contributed by atoms with E-state index in [-0.39, 0.29) is 36.4 Å². The number of ether oxygens (including phenoxy) is 1. The summed E-state index contributed by atoms with van der Waals surface area (Å²) in [5.74, 6) is -0.0615. The summed E-state index contributed by atoms with van der Waals surface area (Å²) in [5, 5.41) is 9.80. The highest BCUT2D eigenvalue weighted by Gasteiger charge is 2.52. The number of ketones is 1. The Morgan fingerprint density at radius 2 is 2.11 bits per heavy atom. The molecule has 0 spiro atoms. The van der Waals surface area contributed by atoms with Gasteiger partial charge in [-0.2, -0.15) is 5.26 Å². The molecule has 7 nitrogen and oxygen atoms in total. The Morgan fingerprint density at radius 3 is 2.83 bits per heavy atom. The minimum Gasteiger partial charge on any atom is -0.444 e. The zero-order valence-electron chi connectivity index (χ0n) is 21.2. The SMILES string of the molecule is CC(C)(C)OC(=O)N1[C@@H]2CC[C@@H](C2)[C@H]1C(=O)C[C@H](C#N)Cc1ccc(-c2cnc3n2CCC3)cc1F. The zero-order valence-corrected chi connectivity index (χ0v) is 21.2. The number of likely N-dealkylation sites (tertiary alicyclic amines) is 1. The predicted octanol–water partition coefficient (Wildman–Crippen LogP) is 5.06. The van der Waals surface area contributed by atoms with Crippen molar-refractivity contribution < 1.29 is 18.7 Å². The molecule has 0 N–H and O–H groups in total. The lowest BCUT2D eigenvalue weighted by Crippen LogP contribution is -2.51. The summed E-state index contributed by atoms with van der Waals surface area (Å²) in [6.45, 7) is 6.31.